The maximum atomic E-state index is 11.6. The first-order chi connectivity index (χ1) is 9.58. The molecular weight excluding hydrogens is 254 g/mol. The van der Waals surface area contributed by atoms with Crippen LogP contribution >= 0.6 is 0 Å². The molecule has 2 aromatic rings. The predicted molar refractivity (Wildman–Crippen MR) is 78.6 cm³/mol. The van der Waals surface area contributed by atoms with Crippen molar-refractivity contribution in [3.05, 3.63) is 46.4 Å². The molecule has 1 aromatic carbocycles. The molecule has 0 saturated heterocycles. The first kappa shape index (κ1) is 14.0. The summed E-state index contributed by atoms with van der Waals surface area (Å²) >= 11 is 0. The fourth-order valence-electron chi connectivity index (χ4n) is 1.91. The summed E-state index contributed by atoms with van der Waals surface area (Å²) in [5, 5.41) is 2.82. The Morgan fingerprint density at radius 1 is 1.35 bits per heavy atom. The van der Waals surface area contributed by atoms with Crippen LogP contribution in [0.5, 0.6) is 0 Å². The van der Waals surface area contributed by atoms with Gasteiger partial charge in [0.2, 0.25) is 5.91 Å². The minimum atomic E-state index is -0.187. The smallest absolute Gasteiger partial charge is 0.251 e. The van der Waals surface area contributed by atoms with Crippen molar-refractivity contribution in [3.8, 4) is 11.4 Å². The lowest BCUT2D eigenvalue weighted by atomic mass is 10.1. The van der Waals surface area contributed by atoms with Crippen molar-refractivity contribution in [3.63, 3.8) is 0 Å². The Hall–Kier alpha value is -2.43. The van der Waals surface area contributed by atoms with Crippen molar-refractivity contribution in [1.82, 2.24) is 9.97 Å². The molecule has 0 bridgehead atoms. The van der Waals surface area contributed by atoms with Crippen LogP contribution in [0.15, 0.2) is 35.1 Å². The number of nitrogens with zero attached hydrogens (tertiary/aromatic N) is 1. The van der Waals surface area contributed by atoms with E-state index in [1.54, 1.807) is 13.0 Å². The van der Waals surface area contributed by atoms with Crippen LogP contribution in [0.2, 0.25) is 0 Å². The monoisotopic (exact) mass is 271 g/mol. The molecule has 20 heavy (non-hydrogen) atoms. The van der Waals surface area contributed by atoms with Crippen LogP contribution in [0.3, 0.4) is 0 Å². The Kier molecular flexibility index (Phi) is 4.30. The highest BCUT2D eigenvalue weighted by Gasteiger charge is 2.05. The summed E-state index contributed by atoms with van der Waals surface area (Å²) < 4.78 is 0. The van der Waals surface area contributed by atoms with E-state index in [4.69, 9.17) is 0 Å². The minimum absolute atomic E-state index is 0.0182. The first-order valence-electron chi connectivity index (χ1n) is 6.56. The van der Waals surface area contributed by atoms with E-state index in [-0.39, 0.29) is 11.5 Å². The number of aromatic amines is 1. The zero-order valence-corrected chi connectivity index (χ0v) is 11.6. The van der Waals surface area contributed by atoms with Gasteiger partial charge >= 0.3 is 0 Å². The fraction of sp³-hybridized carbons (Fsp3) is 0.267. The molecule has 0 aliphatic carbocycles. The van der Waals surface area contributed by atoms with Crippen LogP contribution in [0.25, 0.3) is 11.4 Å². The number of amides is 1. The second-order valence-corrected chi connectivity index (χ2v) is 4.61. The third kappa shape index (κ3) is 3.54. The Morgan fingerprint density at radius 2 is 2.15 bits per heavy atom. The molecular formula is C15H17N3O2. The molecule has 1 heterocycles. The average molecular weight is 271 g/mol. The lowest BCUT2D eigenvalue weighted by Gasteiger charge is -2.07. The second kappa shape index (κ2) is 6.14. The minimum Gasteiger partial charge on any atom is -0.326 e. The third-order valence-electron chi connectivity index (χ3n) is 2.77. The Labute approximate surface area is 117 Å². The molecule has 1 amide bonds. The highest BCUT2D eigenvalue weighted by molar-refractivity contribution is 5.91. The molecule has 5 nitrogen and oxygen atoms in total. The molecule has 0 spiro atoms. The number of benzene rings is 1. The summed E-state index contributed by atoms with van der Waals surface area (Å²) in [6, 6.07) is 8.71. The molecule has 0 aliphatic rings. The number of aromatic nitrogens is 2. The number of H-pyrrole nitrogens is 1. The quantitative estimate of drug-likeness (QED) is 0.897. The molecule has 5 heteroatoms. The van der Waals surface area contributed by atoms with E-state index in [0.29, 0.717) is 23.6 Å². The highest BCUT2D eigenvalue weighted by atomic mass is 16.1. The Balaban J connectivity index is 2.29. The number of hydrogen-bond acceptors (Lipinski definition) is 3. The van der Waals surface area contributed by atoms with Gasteiger partial charge in [0.25, 0.3) is 5.56 Å². The molecule has 104 valence electrons. The van der Waals surface area contributed by atoms with Gasteiger partial charge in [-0.25, -0.2) is 4.98 Å². The van der Waals surface area contributed by atoms with E-state index in [1.807, 2.05) is 25.1 Å². The van der Waals surface area contributed by atoms with Gasteiger partial charge in [-0.2, -0.15) is 0 Å². The molecule has 2 N–H and O–H groups in total. The largest absolute Gasteiger partial charge is 0.326 e. The molecule has 0 fully saturated rings. The zero-order chi connectivity index (χ0) is 14.5. The van der Waals surface area contributed by atoms with E-state index in [1.165, 1.54) is 6.07 Å². The SMILES string of the molecule is CCCC(=O)Nc1cccc(-c2nc(C)cc(=O)[nH]2)c1. The van der Waals surface area contributed by atoms with Crippen LogP contribution in [-0.4, -0.2) is 15.9 Å². The molecule has 0 unspecified atom stereocenters. The molecule has 0 atom stereocenters. The summed E-state index contributed by atoms with van der Waals surface area (Å²) in [5.74, 6) is 0.483. The van der Waals surface area contributed by atoms with Crippen LogP contribution in [-0.2, 0) is 4.79 Å². The molecule has 2 rings (SSSR count). The van der Waals surface area contributed by atoms with Crippen molar-refractivity contribution < 1.29 is 4.79 Å². The predicted octanol–water partition coefficient (Wildman–Crippen LogP) is 2.48. The van der Waals surface area contributed by atoms with Crippen molar-refractivity contribution in [1.29, 1.82) is 0 Å². The van der Waals surface area contributed by atoms with Crippen molar-refractivity contribution >= 4 is 11.6 Å². The lowest BCUT2D eigenvalue weighted by Crippen LogP contribution is -2.11. The third-order valence-corrected chi connectivity index (χ3v) is 2.77. The van der Waals surface area contributed by atoms with Gasteiger partial charge in [0.15, 0.2) is 0 Å². The van der Waals surface area contributed by atoms with Gasteiger partial charge in [-0.15, -0.1) is 0 Å². The Bertz CT molecular complexity index is 677. The van der Waals surface area contributed by atoms with E-state index in [0.717, 1.165) is 12.0 Å². The molecule has 0 saturated carbocycles. The second-order valence-electron chi connectivity index (χ2n) is 4.61. The number of anilines is 1. The Morgan fingerprint density at radius 3 is 2.85 bits per heavy atom. The summed E-state index contributed by atoms with van der Waals surface area (Å²) in [5.41, 5.74) is 1.93. The van der Waals surface area contributed by atoms with Crippen LogP contribution in [0, 0.1) is 6.92 Å². The van der Waals surface area contributed by atoms with Gasteiger partial charge in [0.1, 0.15) is 5.82 Å². The van der Waals surface area contributed by atoms with Crippen molar-refractivity contribution in [2.24, 2.45) is 0 Å². The highest BCUT2D eigenvalue weighted by Crippen LogP contribution is 2.19. The van der Waals surface area contributed by atoms with Crippen molar-refractivity contribution in [2.75, 3.05) is 5.32 Å². The maximum Gasteiger partial charge on any atom is 0.251 e. The molecule has 0 aliphatic heterocycles. The standard InChI is InChI=1S/C15H17N3O2/c1-3-5-13(19)17-12-7-4-6-11(9-12)15-16-10(2)8-14(20)18-15/h4,6-9H,3,5H2,1-2H3,(H,17,19)(H,16,18,20). The van der Waals surface area contributed by atoms with Gasteiger partial charge < -0.3 is 10.3 Å². The summed E-state index contributed by atoms with van der Waals surface area (Å²) in [4.78, 5) is 30.0. The lowest BCUT2D eigenvalue weighted by molar-refractivity contribution is -0.116. The molecule has 0 radical (unpaired) electrons. The van der Waals surface area contributed by atoms with E-state index in [2.05, 4.69) is 15.3 Å². The summed E-state index contributed by atoms with van der Waals surface area (Å²) in [6.45, 7) is 3.73. The fourth-order valence-corrected chi connectivity index (χ4v) is 1.91. The maximum absolute atomic E-state index is 11.6. The van der Waals surface area contributed by atoms with E-state index < -0.39 is 0 Å². The number of carbonyl (C=O) groups is 1. The van der Waals surface area contributed by atoms with Gasteiger partial charge in [-0.05, 0) is 25.5 Å². The van der Waals surface area contributed by atoms with Gasteiger partial charge in [-0.1, -0.05) is 19.1 Å². The number of carbonyl (C=O) groups excluding carboxylic acids is 1. The first-order valence-corrected chi connectivity index (χ1v) is 6.56. The van der Waals surface area contributed by atoms with E-state index >= 15 is 0 Å². The number of hydrogen-bond donors (Lipinski definition) is 2. The molecule has 1 aromatic heterocycles. The summed E-state index contributed by atoms with van der Waals surface area (Å²) in [7, 11) is 0. The van der Waals surface area contributed by atoms with Gasteiger partial charge in [0.05, 0.1) is 0 Å². The van der Waals surface area contributed by atoms with Crippen LogP contribution in [0.1, 0.15) is 25.5 Å². The number of aryl methyl sites for hydroxylation is 1. The number of rotatable bonds is 4. The van der Waals surface area contributed by atoms with Crippen molar-refractivity contribution in [2.45, 2.75) is 26.7 Å². The topological polar surface area (TPSA) is 74.8 Å². The van der Waals surface area contributed by atoms with Gasteiger partial charge in [0, 0.05) is 29.4 Å². The average Bonchev–Trinajstić information content (AvgIpc) is 2.38. The van der Waals surface area contributed by atoms with E-state index in [9.17, 15) is 9.59 Å². The van der Waals surface area contributed by atoms with Gasteiger partial charge in [-0.3, -0.25) is 9.59 Å². The van der Waals surface area contributed by atoms with Crippen LogP contribution < -0.4 is 10.9 Å². The van der Waals surface area contributed by atoms with Crippen LogP contribution in [0.4, 0.5) is 5.69 Å². The zero-order valence-electron chi connectivity index (χ0n) is 11.6. The normalized spacial score (nSPS) is 10.3. The summed E-state index contributed by atoms with van der Waals surface area (Å²) in [6.07, 6.45) is 1.29. The number of nitrogens with one attached hydrogen (secondary N) is 2.